The van der Waals surface area contributed by atoms with E-state index in [-0.39, 0.29) is 30.6 Å². The predicted molar refractivity (Wildman–Crippen MR) is 104 cm³/mol. The molecule has 1 aromatic carbocycles. The van der Waals surface area contributed by atoms with Gasteiger partial charge in [-0.25, -0.2) is 0 Å². The molecule has 1 aromatic rings. The van der Waals surface area contributed by atoms with Gasteiger partial charge in [0.15, 0.2) is 0 Å². The Bertz CT molecular complexity index is 631. The van der Waals surface area contributed by atoms with E-state index < -0.39 is 5.97 Å². The lowest BCUT2D eigenvalue weighted by Gasteiger charge is -2.43. The molecule has 1 heterocycles. The number of benzene rings is 1. The maximum Gasteiger partial charge on any atom is 0.317 e. The number of hydrogen-bond donors (Lipinski definition) is 2. The Hall–Kier alpha value is -1.92. The molecule has 27 heavy (non-hydrogen) atoms. The van der Waals surface area contributed by atoms with Gasteiger partial charge in [0.1, 0.15) is 0 Å². The van der Waals surface area contributed by atoms with Gasteiger partial charge in [0.25, 0.3) is 0 Å². The summed E-state index contributed by atoms with van der Waals surface area (Å²) in [5, 5.41) is 12.2. The normalized spacial score (nSPS) is 25.8. The highest BCUT2D eigenvalue weighted by Crippen LogP contribution is 2.27. The van der Waals surface area contributed by atoms with Crippen LogP contribution in [0.2, 0.25) is 0 Å². The number of rotatable bonds is 8. The molecule has 0 spiro atoms. The van der Waals surface area contributed by atoms with Crippen molar-refractivity contribution >= 4 is 11.9 Å². The summed E-state index contributed by atoms with van der Waals surface area (Å²) in [6.07, 6.45) is 4.84. The molecule has 2 N–H and O–H groups in total. The Morgan fingerprint density at radius 1 is 1.22 bits per heavy atom. The van der Waals surface area contributed by atoms with Crippen LogP contribution in [-0.2, 0) is 16.1 Å². The topological polar surface area (TPSA) is 72.9 Å². The molecule has 1 saturated carbocycles. The summed E-state index contributed by atoms with van der Waals surface area (Å²) in [6, 6.07) is 10.7. The Morgan fingerprint density at radius 3 is 2.63 bits per heavy atom. The average molecular weight is 373 g/mol. The van der Waals surface area contributed by atoms with Crippen molar-refractivity contribution in [1.82, 2.24) is 15.1 Å². The van der Waals surface area contributed by atoms with Crippen molar-refractivity contribution < 1.29 is 14.7 Å². The predicted octanol–water partition coefficient (Wildman–Crippen LogP) is 2.09. The van der Waals surface area contributed by atoms with Crippen molar-refractivity contribution in [2.24, 2.45) is 0 Å². The van der Waals surface area contributed by atoms with Crippen molar-refractivity contribution in [2.75, 3.05) is 19.6 Å². The maximum atomic E-state index is 12.9. The van der Waals surface area contributed by atoms with Gasteiger partial charge in [0.05, 0.1) is 12.6 Å². The number of carbonyl (C=O) groups excluding carboxylic acids is 1. The van der Waals surface area contributed by atoms with Crippen LogP contribution < -0.4 is 5.32 Å². The summed E-state index contributed by atoms with van der Waals surface area (Å²) < 4.78 is 0. The first-order valence-electron chi connectivity index (χ1n) is 10.1. The van der Waals surface area contributed by atoms with Gasteiger partial charge in [-0.3, -0.25) is 19.4 Å². The fourth-order valence-corrected chi connectivity index (χ4v) is 4.27. The average Bonchev–Trinajstić information content (AvgIpc) is 2.63. The zero-order chi connectivity index (χ0) is 19.2. The van der Waals surface area contributed by atoms with E-state index in [0.717, 1.165) is 51.7 Å². The lowest BCUT2D eigenvalue weighted by atomic mass is 9.85. The molecule has 1 aliphatic carbocycles. The van der Waals surface area contributed by atoms with Crippen LogP contribution >= 0.6 is 0 Å². The zero-order valence-electron chi connectivity index (χ0n) is 16.1. The second kappa shape index (κ2) is 9.33. The van der Waals surface area contributed by atoms with E-state index in [2.05, 4.69) is 22.3 Å². The SMILES string of the molecule is CCN(CC(=O)O)C1CC(NC(=O)C2CCCCN2Cc2ccccc2)C1. The lowest BCUT2D eigenvalue weighted by molar-refractivity contribution is -0.140. The Morgan fingerprint density at radius 2 is 1.96 bits per heavy atom. The summed E-state index contributed by atoms with van der Waals surface area (Å²) in [6.45, 7) is 4.57. The number of likely N-dealkylation sites (N-methyl/N-ethyl adjacent to an activating group) is 1. The number of piperidine rings is 1. The zero-order valence-corrected chi connectivity index (χ0v) is 16.1. The molecule has 1 saturated heterocycles. The van der Waals surface area contributed by atoms with Crippen molar-refractivity contribution in [3.8, 4) is 0 Å². The fourth-order valence-electron chi connectivity index (χ4n) is 4.27. The molecular formula is C21H31N3O3. The first kappa shape index (κ1) is 19.8. The number of nitrogens with one attached hydrogen (secondary N) is 1. The summed E-state index contributed by atoms with van der Waals surface area (Å²) in [5.74, 6) is -0.654. The number of nitrogens with zero attached hydrogens (tertiary/aromatic N) is 2. The van der Waals surface area contributed by atoms with Gasteiger partial charge in [0.2, 0.25) is 5.91 Å². The van der Waals surface area contributed by atoms with Crippen LogP contribution in [0.4, 0.5) is 0 Å². The van der Waals surface area contributed by atoms with Gasteiger partial charge < -0.3 is 10.4 Å². The number of hydrogen-bond acceptors (Lipinski definition) is 4. The van der Waals surface area contributed by atoms with Gasteiger partial charge in [-0.15, -0.1) is 0 Å². The molecule has 1 amide bonds. The Balaban J connectivity index is 1.50. The molecule has 1 aliphatic heterocycles. The minimum absolute atomic E-state index is 0.0562. The Kier molecular flexibility index (Phi) is 6.85. The first-order chi connectivity index (χ1) is 13.1. The van der Waals surface area contributed by atoms with Crippen molar-refractivity contribution in [1.29, 1.82) is 0 Å². The van der Waals surface area contributed by atoms with E-state index in [1.54, 1.807) is 0 Å². The summed E-state index contributed by atoms with van der Waals surface area (Å²) in [4.78, 5) is 28.1. The van der Waals surface area contributed by atoms with Gasteiger partial charge in [0, 0.05) is 18.6 Å². The molecule has 0 radical (unpaired) electrons. The summed E-state index contributed by atoms with van der Waals surface area (Å²) in [7, 11) is 0. The van der Waals surface area contributed by atoms with Crippen LogP contribution in [0.5, 0.6) is 0 Å². The largest absolute Gasteiger partial charge is 0.480 e. The van der Waals surface area contributed by atoms with Crippen molar-refractivity contribution in [2.45, 2.75) is 63.7 Å². The summed E-state index contributed by atoms with van der Waals surface area (Å²) in [5.41, 5.74) is 1.24. The van der Waals surface area contributed by atoms with E-state index in [1.807, 2.05) is 30.0 Å². The van der Waals surface area contributed by atoms with Crippen LogP contribution in [0, 0.1) is 0 Å². The molecule has 0 aromatic heterocycles. The van der Waals surface area contributed by atoms with E-state index >= 15 is 0 Å². The number of carbonyl (C=O) groups is 2. The molecule has 2 aliphatic rings. The molecular weight excluding hydrogens is 342 g/mol. The maximum absolute atomic E-state index is 12.9. The van der Waals surface area contributed by atoms with Crippen LogP contribution in [0.15, 0.2) is 30.3 Å². The highest BCUT2D eigenvalue weighted by atomic mass is 16.4. The minimum Gasteiger partial charge on any atom is -0.480 e. The molecule has 1 unspecified atom stereocenters. The number of carboxylic acids is 1. The second-order valence-electron chi connectivity index (χ2n) is 7.76. The molecule has 6 nitrogen and oxygen atoms in total. The molecule has 2 fully saturated rings. The van der Waals surface area contributed by atoms with Crippen LogP contribution in [0.1, 0.15) is 44.6 Å². The first-order valence-corrected chi connectivity index (χ1v) is 10.1. The standard InChI is InChI=1S/C21H31N3O3/c1-2-23(15-20(25)26)18-12-17(13-18)22-21(27)19-10-6-7-11-24(19)14-16-8-4-3-5-9-16/h3-5,8-9,17-19H,2,6-7,10-15H2,1H3,(H,22,27)(H,25,26). The smallest absolute Gasteiger partial charge is 0.317 e. The number of amides is 1. The number of likely N-dealkylation sites (tertiary alicyclic amines) is 1. The molecule has 148 valence electrons. The third-order valence-corrected chi connectivity index (χ3v) is 5.87. The molecule has 3 rings (SSSR count). The van der Waals surface area contributed by atoms with Gasteiger partial charge in [-0.2, -0.15) is 0 Å². The van der Waals surface area contributed by atoms with Crippen LogP contribution in [0.3, 0.4) is 0 Å². The molecule has 0 bridgehead atoms. The Labute approximate surface area is 161 Å². The quantitative estimate of drug-likeness (QED) is 0.730. The summed E-state index contributed by atoms with van der Waals surface area (Å²) >= 11 is 0. The van der Waals surface area contributed by atoms with Crippen molar-refractivity contribution in [3.63, 3.8) is 0 Å². The highest BCUT2D eigenvalue weighted by molar-refractivity contribution is 5.82. The van der Waals surface area contributed by atoms with Gasteiger partial charge >= 0.3 is 5.97 Å². The third-order valence-electron chi connectivity index (χ3n) is 5.87. The van der Waals surface area contributed by atoms with E-state index in [4.69, 9.17) is 5.11 Å². The van der Waals surface area contributed by atoms with Gasteiger partial charge in [-0.05, 0) is 44.3 Å². The second-order valence-corrected chi connectivity index (χ2v) is 7.76. The molecule has 6 heteroatoms. The van der Waals surface area contributed by atoms with E-state index in [0.29, 0.717) is 0 Å². The lowest BCUT2D eigenvalue weighted by Crippen LogP contribution is -2.58. The van der Waals surface area contributed by atoms with Crippen LogP contribution in [0.25, 0.3) is 0 Å². The third kappa shape index (κ3) is 5.30. The van der Waals surface area contributed by atoms with E-state index in [9.17, 15) is 9.59 Å². The minimum atomic E-state index is -0.789. The fraction of sp³-hybridized carbons (Fsp3) is 0.619. The monoisotopic (exact) mass is 373 g/mol. The van der Waals surface area contributed by atoms with Crippen molar-refractivity contribution in [3.05, 3.63) is 35.9 Å². The number of carboxylic acid groups (broad SMARTS) is 1. The molecule has 1 atom stereocenters. The highest BCUT2D eigenvalue weighted by Gasteiger charge is 2.37. The van der Waals surface area contributed by atoms with Crippen LogP contribution in [-0.4, -0.2) is 64.5 Å². The van der Waals surface area contributed by atoms with E-state index in [1.165, 1.54) is 5.56 Å². The van der Waals surface area contributed by atoms with Gasteiger partial charge in [-0.1, -0.05) is 43.7 Å². The number of aliphatic carboxylic acids is 1.